The Balaban J connectivity index is 2.62. The highest BCUT2D eigenvalue weighted by Crippen LogP contribution is 2.10. The van der Waals surface area contributed by atoms with Gasteiger partial charge < -0.3 is 10.2 Å². The van der Waals surface area contributed by atoms with Crippen molar-refractivity contribution in [2.24, 2.45) is 0 Å². The number of alkyl halides is 1. The highest BCUT2D eigenvalue weighted by molar-refractivity contribution is 9.09. The van der Waals surface area contributed by atoms with Crippen molar-refractivity contribution >= 4 is 26.7 Å². The van der Waals surface area contributed by atoms with Crippen LogP contribution in [0.5, 0.6) is 0 Å². The third-order valence-corrected chi connectivity index (χ3v) is 4.31. The molecule has 0 saturated heterocycles. The number of benzene rings is 1. The summed E-state index contributed by atoms with van der Waals surface area (Å²) < 4.78 is 11.8. The van der Waals surface area contributed by atoms with Gasteiger partial charge in [0.05, 0.1) is 28.8 Å². The quantitative estimate of drug-likeness (QED) is 0.804. The zero-order chi connectivity index (χ0) is 12.1. The zero-order valence-corrected chi connectivity index (χ0v) is 11.4. The number of aliphatic hydroxyl groups is 2. The van der Waals surface area contributed by atoms with Gasteiger partial charge in [-0.25, -0.2) is 0 Å². The summed E-state index contributed by atoms with van der Waals surface area (Å²) >= 11 is 3.06. The van der Waals surface area contributed by atoms with Crippen LogP contribution in [0.25, 0.3) is 0 Å². The Bertz CT molecular complexity index is 353. The van der Waals surface area contributed by atoms with Crippen LogP contribution in [0, 0.1) is 6.92 Å². The van der Waals surface area contributed by atoms with Gasteiger partial charge >= 0.3 is 0 Å². The maximum Gasteiger partial charge on any atom is 0.0925 e. The van der Waals surface area contributed by atoms with E-state index in [0.29, 0.717) is 4.90 Å². The molecular formula is C11H15BrO3S. The molecule has 0 aliphatic heterocycles. The molecule has 16 heavy (non-hydrogen) atoms. The van der Waals surface area contributed by atoms with Crippen LogP contribution in [0.1, 0.15) is 5.56 Å². The van der Waals surface area contributed by atoms with Crippen molar-refractivity contribution in [1.29, 1.82) is 0 Å². The lowest BCUT2D eigenvalue weighted by Gasteiger charge is -2.14. The fraction of sp³-hybridized carbons (Fsp3) is 0.455. The van der Waals surface area contributed by atoms with Crippen molar-refractivity contribution in [1.82, 2.24) is 0 Å². The lowest BCUT2D eigenvalue weighted by Crippen LogP contribution is -2.32. The summed E-state index contributed by atoms with van der Waals surface area (Å²) in [5, 5.41) is 19.1. The van der Waals surface area contributed by atoms with E-state index < -0.39 is 23.0 Å². The van der Waals surface area contributed by atoms with Crippen molar-refractivity contribution in [2.75, 3.05) is 11.1 Å². The first-order valence-corrected chi connectivity index (χ1v) is 7.35. The highest BCUT2D eigenvalue weighted by Gasteiger charge is 2.18. The monoisotopic (exact) mass is 306 g/mol. The Morgan fingerprint density at radius 3 is 2.31 bits per heavy atom. The fourth-order valence-electron chi connectivity index (χ4n) is 1.16. The molecule has 1 aromatic rings. The molecular weight excluding hydrogens is 292 g/mol. The van der Waals surface area contributed by atoms with Crippen molar-refractivity contribution in [2.45, 2.75) is 24.0 Å². The molecule has 2 N–H and O–H groups in total. The molecule has 0 amide bonds. The van der Waals surface area contributed by atoms with E-state index in [1.54, 1.807) is 12.1 Å². The summed E-state index contributed by atoms with van der Waals surface area (Å²) in [5.74, 6) is 0.0514. The SMILES string of the molecule is Cc1ccc(S(=O)C[C@H](O)[C@H](O)CBr)cc1. The number of rotatable bonds is 5. The van der Waals surface area contributed by atoms with Crippen LogP contribution < -0.4 is 0 Å². The molecule has 0 saturated carbocycles. The van der Waals surface area contributed by atoms with Gasteiger partial charge in [0, 0.05) is 10.2 Å². The number of aryl methyl sites for hydroxylation is 1. The Hall–Kier alpha value is -0.230. The van der Waals surface area contributed by atoms with E-state index in [0.717, 1.165) is 5.56 Å². The van der Waals surface area contributed by atoms with Gasteiger partial charge in [0.2, 0.25) is 0 Å². The minimum absolute atomic E-state index is 0.0514. The summed E-state index contributed by atoms with van der Waals surface area (Å²) in [6.45, 7) is 1.95. The summed E-state index contributed by atoms with van der Waals surface area (Å²) in [6.07, 6.45) is -1.85. The second kappa shape index (κ2) is 6.49. The molecule has 3 atom stereocenters. The van der Waals surface area contributed by atoms with Gasteiger partial charge in [0.15, 0.2) is 0 Å². The Morgan fingerprint density at radius 2 is 1.81 bits per heavy atom. The molecule has 0 aliphatic carbocycles. The zero-order valence-electron chi connectivity index (χ0n) is 8.97. The van der Waals surface area contributed by atoms with E-state index in [1.165, 1.54) is 0 Å². The van der Waals surface area contributed by atoms with Crippen LogP contribution >= 0.6 is 15.9 Å². The lowest BCUT2D eigenvalue weighted by atomic mass is 10.2. The first kappa shape index (κ1) is 13.8. The van der Waals surface area contributed by atoms with Gasteiger partial charge in [-0.05, 0) is 19.1 Å². The van der Waals surface area contributed by atoms with E-state index in [1.807, 2.05) is 19.1 Å². The van der Waals surface area contributed by atoms with Gasteiger partial charge in [-0.2, -0.15) is 0 Å². The number of hydrogen-bond donors (Lipinski definition) is 2. The molecule has 0 bridgehead atoms. The van der Waals surface area contributed by atoms with E-state index >= 15 is 0 Å². The smallest absolute Gasteiger partial charge is 0.0925 e. The molecule has 1 unspecified atom stereocenters. The summed E-state index contributed by atoms with van der Waals surface area (Å²) in [7, 11) is -1.27. The minimum atomic E-state index is -1.27. The van der Waals surface area contributed by atoms with Gasteiger partial charge in [-0.1, -0.05) is 33.6 Å². The van der Waals surface area contributed by atoms with Gasteiger partial charge in [-0.3, -0.25) is 4.21 Å². The van der Waals surface area contributed by atoms with Crippen molar-refractivity contribution < 1.29 is 14.4 Å². The summed E-state index contributed by atoms with van der Waals surface area (Å²) in [6, 6.07) is 7.30. The van der Waals surface area contributed by atoms with E-state index in [4.69, 9.17) is 0 Å². The molecule has 0 radical (unpaired) electrons. The maximum atomic E-state index is 11.8. The molecule has 0 fully saturated rings. The van der Waals surface area contributed by atoms with Gasteiger partial charge in [-0.15, -0.1) is 0 Å². The van der Waals surface area contributed by atoms with Crippen LogP contribution in [0.4, 0.5) is 0 Å². The first-order chi connectivity index (χ1) is 7.54. The van der Waals surface area contributed by atoms with Crippen LogP contribution in [-0.4, -0.2) is 37.7 Å². The largest absolute Gasteiger partial charge is 0.390 e. The Labute approximate surface area is 106 Å². The molecule has 0 spiro atoms. The van der Waals surface area contributed by atoms with E-state index in [2.05, 4.69) is 15.9 Å². The number of halogens is 1. The highest BCUT2D eigenvalue weighted by atomic mass is 79.9. The first-order valence-electron chi connectivity index (χ1n) is 4.91. The second-order valence-corrected chi connectivity index (χ2v) is 5.76. The van der Waals surface area contributed by atoms with Crippen LogP contribution in [0.2, 0.25) is 0 Å². The average molecular weight is 307 g/mol. The topological polar surface area (TPSA) is 57.5 Å². The Kier molecular flexibility index (Phi) is 5.61. The summed E-state index contributed by atoms with van der Waals surface area (Å²) in [5.41, 5.74) is 1.10. The van der Waals surface area contributed by atoms with Crippen LogP contribution in [0.15, 0.2) is 29.2 Å². The minimum Gasteiger partial charge on any atom is -0.390 e. The third kappa shape index (κ3) is 3.97. The molecule has 0 aromatic heterocycles. The van der Waals surface area contributed by atoms with Crippen molar-refractivity contribution in [3.05, 3.63) is 29.8 Å². The van der Waals surface area contributed by atoms with Gasteiger partial charge in [0.25, 0.3) is 0 Å². The molecule has 1 rings (SSSR count). The third-order valence-electron chi connectivity index (χ3n) is 2.21. The Morgan fingerprint density at radius 1 is 1.25 bits per heavy atom. The molecule has 3 nitrogen and oxygen atoms in total. The standard InChI is InChI=1S/C11H15BrO3S/c1-8-2-4-9(5-3-8)16(15)7-11(14)10(13)6-12/h2-5,10-11,13-14H,6-7H2,1H3/t10-,11+,16?/m1/s1. The van der Waals surface area contributed by atoms with E-state index in [9.17, 15) is 14.4 Å². The molecule has 5 heteroatoms. The van der Waals surface area contributed by atoms with Crippen molar-refractivity contribution in [3.63, 3.8) is 0 Å². The predicted molar refractivity (Wildman–Crippen MR) is 68.3 cm³/mol. The number of aliphatic hydroxyl groups excluding tert-OH is 2. The normalized spacial score (nSPS) is 16.8. The summed E-state index contributed by atoms with van der Waals surface area (Å²) in [4.78, 5) is 0.673. The van der Waals surface area contributed by atoms with Crippen LogP contribution in [-0.2, 0) is 10.8 Å². The molecule has 1 aromatic carbocycles. The maximum absolute atomic E-state index is 11.8. The average Bonchev–Trinajstić information content (AvgIpc) is 2.28. The fourth-order valence-corrected chi connectivity index (χ4v) is 2.75. The molecule has 0 aliphatic rings. The van der Waals surface area contributed by atoms with Crippen molar-refractivity contribution in [3.8, 4) is 0 Å². The molecule has 0 heterocycles. The van der Waals surface area contributed by atoms with Gasteiger partial charge in [0.1, 0.15) is 0 Å². The molecule has 90 valence electrons. The lowest BCUT2D eigenvalue weighted by molar-refractivity contribution is 0.0502. The predicted octanol–water partition coefficient (Wildman–Crippen LogP) is 1.22. The number of hydrogen-bond acceptors (Lipinski definition) is 3. The van der Waals surface area contributed by atoms with E-state index in [-0.39, 0.29) is 11.1 Å². The second-order valence-electron chi connectivity index (χ2n) is 3.61. The van der Waals surface area contributed by atoms with Crippen LogP contribution in [0.3, 0.4) is 0 Å².